The number of nitrogens with two attached hydrogens (primary N) is 1. The molecule has 0 aromatic heterocycles. The second-order valence-electron chi connectivity index (χ2n) is 6.22. The van der Waals surface area contributed by atoms with Gasteiger partial charge in [0, 0.05) is 6.42 Å². The smallest absolute Gasteiger partial charge is 0.405 e. The topological polar surface area (TPSA) is 142 Å². The van der Waals surface area contributed by atoms with Crippen LogP contribution in [0.15, 0.2) is 0 Å². The van der Waals surface area contributed by atoms with Gasteiger partial charge in [0.1, 0.15) is 6.04 Å². The Labute approximate surface area is 155 Å². The molecule has 148 valence electrons. The van der Waals surface area contributed by atoms with E-state index < -0.39 is 35.5 Å². The number of carboxylic acid groups (broad SMARTS) is 1. The molecule has 0 bridgehead atoms. The van der Waals surface area contributed by atoms with E-state index in [0.717, 1.165) is 32.1 Å². The van der Waals surface area contributed by atoms with Crippen molar-refractivity contribution in [3.63, 3.8) is 0 Å². The fraction of sp³-hybridized carbons (Fsp3) is 0.733. The maximum absolute atomic E-state index is 13.1. The average Bonchev–Trinajstić information content (AvgIpc) is 2.57. The average molecular weight is 395 g/mol. The summed E-state index contributed by atoms with van der Waals surface area (Å²) in [5, 5.41) is 11.6. The minimum absolute atomic E-state index is 0.170. The van der Waals surface area contributed by atoms with Gasteiger partial charge in [0.25, 0.3) is 17.4 Å². The highest BCUT2D eigenvalue weighted by Crippen LogP contribution is 2.27. The lowest BCUT2D eigenvalue weighted by Gasteiger charge is -2.29. The summed E-state index contributed by atoms with van der Waals surface area (Å²) in [5.74, 6) is -2.69. The van der Waals surface area contributed by atoms with Crippen LogP contribution in [0.4, 0.5) is 9.18 Å². The molecule has 1 aliphatic carbocycles. The molecule has 11 heteroatoms. The number of hydrogen-bond acceptors (Lipinski definition) is 4. The number of hydrogen-bond donors (Lipinski definition) is 4. The van der Waals surface area contributed by atoms with Crippen LogP contribution in [-0.4, -0.2) is 52.1 Å². The van der Waals surface area contributed by atoms with Crippen molar-refractivity contribution in [1.29, 1.82) is 0 Å². The maximum atomic E-state index is 13.1. The third-order valence-corrected chi connectivity index (χ3v) is 4.37. The summed E-state index contributed by atoms with van der Waals surface area (Å²) in [7, 11) is 0. The normalized spacial score (nSPS) is 17.0. The van der Waals surface area contributed by atoms with E-state index in [1.54, 1.807) is 0 Å². The van der Waals surface area contributed by atoms with Gasteiger partial charge in [-0.15, -0.1) is 0 Å². The molecule has 0 heterocycles. The number of halogens is 2. The number of alkyl halides is 2. The van der Waals surface area contributed by atoms with Gasteiger partial charge in [0.2, 0.25) is 5.91 Å². The number of carbonyl (C=O) groups is 4. The van der Waals surface area contributed by atoms with Gasteiger partial charge in [-0.25, -0.2) is 14.2 Å². The Morgan fingerprint density at radius 1 is 1.23 bits per heavy atom. The van der Waals surface area contributed by atoms with E-state index in [9.17, 15) is 23.6 Å². The molecule has 0 radical (unpaired) electrons. The highest BCUT2D eigenvalue weighted by molar-refractivity contribution is 6.29. The van der Waals surface area contributed by atoms with E-state index >= 15 is 0 Å². The maximum Gasteiger partial charge on any atom is 0.405 e. The molecule has 9 nitrogen and oxygen atoms in total. The summed E-state index contributed by atoms with van der Waals surface area (Å²) in [6.45, 7) is -0.379. The Morgan fingerprint density at radius 3 is 2.35 bits per heavy atom. The van der Waals surface area contributed by atoms with Crippen LogP contribution in [-0.2, 0) is 14.4 Å². The largest absolute Gasteiger partial charge is 0.465 e. The molecule has 1 rings (SSSR count). The lowest BCUT2D eigenvalue weighted by atomic mass is 9.84. The van der Waals surface area contributed by atoms with Crippen LogP contribution >= 0.6 is 11.6 Å². The summed E-state index contributed by atoms with van der Waals surface area (Å²) in [6.07, 6.45) is 3.41. The number of hydrazine groups is 1. The molecule has 0 aromatic rings. The van der Waals surface area contributed by atoms with Crippen LogP contribution in [0.1, 0.15) is 44.9 Å². The fourth-order valence-corrected chi connectivity index (χ4v) is 3.03. The number of nitrogens with one attached hydrogen (secondary N) is 2. The Balaban J connectivity index is 2.78. The summed E-state index contributed by atoms with van der Waals surface area (Å²) in [4.78, 5) is 46.0. The van der Waals surface area contributed by atoms with Gasteiger partial charge in [0.05, 0.1) is 6.54 Å². The van der Waals surface area contributed by atoms with Crippen LogP contribution < -0.4 is 16.5 Å². The first-order valence-electron chi connectivity index (χ1n) is 8.38. The van der Waals surface area contributed by atoms with Gasteiger partial charge in [-0.3, -0.25) is 19.8 Å². The predicted octanol–water partition coefficient (Wildman–Crippen LogP) is 0.863. The lowest BCUT2D eigenvalue weighted by molar-refractivity contribution is -0.144. The number of rotatable bonds is 8. The van der Waals surface area contributed by atoms with Gasteiger partial charge in [-0.1, -0.05) is 43.7 Å². The number of carbonyl (C=O) groups excluding carboxylic acids is 3. The number of nitrogens with zero attached hydrogens (tertiary/aromatic N) is 1. The predicted molar refractivity (Wildman–Crippen MR) is 90.6 cm³/mol. The summed E-state index contributed by atoms with van der Waals surface area (Å²) < 4.78 is 13.1. The molecule has 0 spiro atoms. The van der Waals surface area contributed by atoms with Gasteiger partial charge in [-0.05, 0) is 12.3 Å². The first kappa shape index (κ1) is 21.9. The zero-order chi connectivity index (χ0) is 19.7. The highest BCUT2D eigenvalue weighted by Gasteiger charge is 2.30. The molecule has 26 heavy (non-hydrogen) atoms. The Morgan fingerprint density at radius 2 is 1.85 bits per heavy atom. The molecule has 5 N–H and O–H groups in total. The molecular weight excluding hydrogens is 371 g/mol. The van der Waals surface area contributed by atoms with E-state index in [1.165, 1.54) is 0 Å². The van der Waals surface area contributed by atoms with Gasteiger partial charge >= 0.3 is 6.09 Å². The Hall–Kier alpha value is -2.10. The first-order chi connectivity index (χ1) is 12.2. The highest BCUT2D eigenvalue weighted by atomic mass is 35.5. The van der Waals surface area contributed by atoms with E-state index in [4.69, 9.17) is 22.4 Å². The van der Waals surface area contributed by atoms with Crippen molar-refractivity contribution in [2.75, 3.05) is 6.54 Å². The Bertz CT molecular complexity index is 528. The summed E-state index contributed by atoms with van der Waals surface area (Å²) >= 11 is 5.11. The van der Waals surface area contributed by atoms with Crippen molar-refractivity contribution in [3.05, 3.63) is 0 Å². The van der Waals surface area contributed by atoms with Crippen molar-refractivity contribution in [1.82, 2.24) is 15.8 Å². The number of amides is 4. The molecule has 0 saturated heterocycles. The van der Waals surface area contributed by atoms with Crippen LogP contribution in [0.3, 0.4) is 0 Å². The molecule has 0 aromatic carbocycles. The molecule has 0 aliphatic heterocycles. The molecule has 2 atom stereocenters. The van der Waals surface area contributed by atoms with Crippen LogP contribution in [0.25, 0.3) is 0 Å². The van der Waals surface area contributed by atoms with Crippen LogP contribution in [0.2, 0.25) is 0 Å². The van der Waals surface area contributed by atoms with Crippen molar-refractivity contribution >= 4 is 35.4 Å². The lowest BCUT2D eigenvalue weighted by Crippen LogP contribution is -2.56. The molecule has 4 amide bonds. The molecule has 1 aliphatic rings. The first-order valence-corrected chi connectivity index (χ1v) is 8.82. The van der Waals surface area contributed by atoms with Gasteiger partial charge in [-0.2, -0.15) is 0 Å². The minimum Gasteiger partial charge on any atom is -0.465 e. The minimum atomic E-state index is -2.42. The Kier molecular flexibility index (Phi) is 9.11. The summed E-state index contributed by atoms with van der Waals surface area (Å²) in [5.41, 5.74) is 4.70. The van der Waals surface area contributed by atoms with Crippen LogP contribution in [0, 0.1) is 5.92 Å². The second-order valence-corrected chi connectivity index (χ2v) is 6.61. The van der Waals surface area contributed by atoms with Crippen molar-refractivity contribution in [2.45, 2.75) is 56.6 Å². The molecule has 1 saturated carbocycles. The van der Waals surface area contributed by atoms with Gasteiger partial charge < -0.3 is 16.2 Å². The van der Waals surface area contributed by atoms with E-state index in [0.29, 0.717) is 5.01 Å². The molecule has 1 unspecified atom stereocenters. The zero-order valence-corrected chi connectivity index (χ0v) is 15.0. The third-order valence-electron chi connectivity index (χ3n) is 4.19. The van der Waals surface area contributed by atoms with Gasteiger partial charge in [0.15, 0.2) is 0 Å². The monoisotopic (exact) mass is 394 g/mol. The molecular formula is C15H24ClFN4O5. The van der Waals surface area contributed by atoms with Crippen molar-refractivity contribution in [3.8, 4) is 0 Å². The third kappa shape index (κ3) is 7.85. The van der Waals surface area contributed by atoms with E-state index in [-0.39, 0.29) is 25.3 Å². The quantitative estimate of drug-likeness (QED) is 0.357. The fourth-order valence-electron chi connectivity index (χ4n) is 2.91. The standard InChI is InChI=1S/C15H24ClFN4O5/c16-12(17)14(24)21(7-6-11(18)22)20-13(23)10(19-15(25)26)8-9-4-2-1-3-5-9/h9-10,12,19H,1-8H2,(H2,18,22)(H,20,23)(H,25,26)/t10-,12?/m0/s1. The second kappa shape index (κ2) is 10.8. The van der Waals surface area contributed by atoms with Crippen LogP contribution in [0.5, 0.6) is 0 Å². The number of primary amides is 1. The SMILES string of the molecule is NC(=O)CCN(NC(=O)[C@H](CC1CCCCC1)NC(=O)O)C(=O)C(F)Cl. The van der Waals surface area contributed by atoms with E-state index in [1.807, 2.05) is 0 Å². The van der Waals surface area contributed by atoms with Crippen molar-refractivity contribution < 1.29 is 28.7 Å². The van der Waals surface area contributed by atoms with Crippen molar-refractivity contribution in [2.24, 2.45) is 11.7 Å². The zero-order valence-electron chi connectivity index (χ0n) is 14.2. The molecule has 1 fully saturated rings. The summed E-state index contributed by atoms with van der Waals surface area (Å²) in [6, 6.07) is -1.12. The van der Waals surface area contributed by atoms with E-state index in [2.05, 4.69) is 10.7 Å².